The molecule has 112 valence electrons. The van der Waals surface area contributed by atoms with Crippen LogP contribution < -0.4 is 15.8 Å². The van der Waals surface area contributed by atoms with E-state index in [2.05, 4.69) is 10.1 Å². The predicted molar refractivity (Wildman–Crippen MR) is 66.1 cm³/mol. The Morgan fingerprint density at radius 3 is 2.65 bits per heavy atom. The highest BCUT2D eigenvalue weighted by Crippen LogP contribution is 2.21. The number of carbonyl (C=O) groups excluding carboxylic acids is 1. The summed E-state index contributed by atoms with van der Waals surface area (Å²) in [6.45, 7) is -1.95. The minimum absolute atomic E-state index is 0.141. The van der Waals surface area contributed by atoms with Crippen LogP contribution in [-0.2, 0) is 16.1 Å². The molecule has 1 amide bonds. The van der Waals surface area contributed by atoms with Crippen LogP contribution in [-0.4, -0.2) is 32.4 Å². The molecule has 1 aromatic rings. The summed E-state index contributed by atoms with van der Waals surface area (Å²) in [6, 6.07) is 4.93. The number of ether oxygens (including phenoxy) is 2. The van der Waals surface area contributed by atoms with Crippen LogP contribution in [0.2, 0.25) is 0 Å². The molecular formula is C12H15F3N2O3. The lowest BCUT2D eigenvalue weighted by atomic mass is 10.2. The van der Waals surface area contributed by atoms with Gasteiger partial charge in [0.05, 0.1) is 12.8 Å². The van der Waals surface area contributed by atoms with Gasteiger partial charge in [-0.2, -0.15) is 13.2 Å². The normalized spacial score (nSPS) is 11.2. The first kappa shape index (κ1) is 16.1. The highest BCUT2D eigenvalue weighted by Gasteiger charge is 2.27. The molecule has 0 saturated heterocycles. The molecule has 0 unspecified atom stereocenters. The number of alkyl halides is 3. The van der Waals surface area contributed by atoms with Crippen molar-refractivity contribution >= 4 is 11.6 Å². The minimum Gasteiger partial charge on any atom is -0.495 e. The zero-order valence-electron chi connectivity index (χ0n) is 10.8. The molecule has 0 radical (unpaired) electrons. The second-order valence-electron chi connectivity index (χ2n) is 3.96. The third-order valence-corrected chi connectivity index (χ3v) is 2.28. The van der Waals surface area contributed by atoms with Gasteiger partial charge >= 0.3 is 6.18 Å². The smallest absolute Gasteiger partial charge is 0.411 e. The fourth-order valence-electron chi connectivity index (χ4n) is 1.40. The molecule has 8 heteroatoms. The number of hydrogen-bond donors (Lipinski definition) is 2. The Morgan fingerprint density at radius 1 is 1.40 bits per heavy atom. The molecule has 0 atom stereocenters. The average Bonchev–Trinajstić information content (AvgIpc) is 2.35. The molecule has 1 rings (SSSR count). The highest BCUT2D eigenvalue weighted by molar-refractivity contribution is 5.77. The Hall–Kier alpha value is -1.96. The van der Waals surface area contributed by atoms with Crippen molar-refractivity contribution in [1.29, 1.82) is 0 Å². The number of nitrogen functional groups attached to an aromatic ring is 1. The molecule has 0 aliphatic rings. The van der Waals surface area contributed by atoms with Gasteiger partial charge in [-0.05, 0) is 17.7 Å². The number of carbonyl (C=O) groups is 1. The van der Waals surface area contributed by atoms with Crippen molar-refractivity contribution in [1.82, 2.24) is 5.32 Å². The third kappa shape index (κ3) is 5.79. The summed E-state index contributed by atoms with van der Waals surface area (Å²) in [5.74, 6) is -0.128. The fraction of sp³-hybridized carbons (Fsp3) is 0.417. The fourth-order valence-corrected chi connectivity index (χ4v) is 1.40. The Morgan fingerprint density at radius 2 is 2.10 bits per heavy atom. The molecule has 5 nitrogen and oxygen atoms in total. The standard InChI is InChI=1S/C12H15F3N2O3/c1-19-10-3-2-8(4-9(10)16)5-17-11(18)6-20-7-12(13,14)15/h2-4H,5-7,16H2,1H3,(H,17,18). The maximum Gasteiger partial charge on any atom is 0.411 e. The molecule has 3 N–H and O–H groups in total. The monoisotopic (exact) mass is 292 g/mol. The molecule has 0 aliphatic carbocycles. The van der Waals surface area contributed by atoms with Crippen LogP contribution in [0.25, 0.3) is 0 Å². The Bertz CT molecular complexity index is 464. The third-order valence-electron chi connectivity index (χ3n) is 2.28. The van der Waals surface area contributed by atoms with Crippen LogP contribution in [0.4, 0.5) is 18.9 Å². The van der Waals surface area contributed by atoms with E-state index in [1.165, 1.54) is 7.11 Å². The average molecular weight is 292 g/mol. The number of benzene rings is 1. The molecule has 0 heterocycles. The number of amides is 1. The van der Waals surface area contributed by atoms with Gasteiger partial charge in [-0.25, -0.2) is 0 Å². The molecule has 0 saturated carbocycles. The van der Waals surface area contributed by atoms with E-state index in [1.54, 1.807) is 18.2 Å². The van der Waals surface area contributed by atoms with E-state index in [1.807, 2.05) is 0 Å². The quantitative estimate of drug-likeness (QED) is 0.779. The lowest BCUT2D eigenvalue weighted by Gasteiger charge is -2.10. The second-order valence-corrected chi connectivity index (χ2v) is 3.96. The predicted octanol–water partition coefficient (Wildman–Crippen LogP) is 1.47. The first-order valence-electron chi connectivity index (χ1n) is 5.65. The maximum absolute atomic E-state index is 11.8. The summed E-state index contributed by atoms with van der Waals surface area (Å²) in [5, 5.41) is 2.42. The summed E-state index contributed by atoms with van der Waals surface area (Å²) in [6.07, 6.45) is -4.44. The molecule has 0 spiro atoms. The van der Waals surface area contributed by atoms with Crippen molar-refractivity contribution in [3.8, 4) is 5.75 Å². The van der Waals surface area contributed by atoms with Gasteiger partial charge in [0.2, 0.25) is 5.91 Å². The lowest BCUT2D eigenvalue weighted by Crippen LogP contribution is -2.29. The van der Waals surface area contributed by atoms with E-state index in [0.29, 0.717) is 17.0 Å². The van der Waals surface area contributed by atoms with Gasteiger partial charge in [-0.3, -0.25) is 4.79 Å². The SMILES string of the molecule is COc1ccc(CNC(=O)COCC(F)(F)F)cc1N. The number of nitrogens with two attached hydrogens (primary N) is 1. The summed E-state index contributed by atoms with van der Waals surface area (Å²) in [5.41, 5.74) is 6.79. The van der Waals surface area contributed by atoms with E-state index >= 15 is 0 Å². The van der Waals surface area contributed by atoms with E-state index in [-0.39, 0.29) is 6.54 Å². The van der Waals surface area contributed by atoms with Gasteiger partial charge in [-0.15, -0.1) is 0 Å². The topological polar surface area (TPSA) is 73.6 Å². The summed E-state index contributed by atoms with van der Waals surface area (Å²) in [4.78, 5) is 11.3. The summed E-state index contributed by atoms with van der Waals surface area (Å²) in [7, 11) is 1.48. The summed E-state index contributed by atoms with van der Waals surface area (Å²) < 4.78 is 44.6. The van der Waals surface area contributed by atoms with Gasteiger partial charge in [0, 0.05) is 6.54 Å². The molecule has 0 bridgehead atoms. The van der Waals surface area contributed by atoms with E-state index in [0.717, 1.165) is 0 Å². The number of rotatable bonds is 6. The molecule has 20 heavy (non-hydrogen) atoms. The molecular weight excluding hydrogens is 277 g/mol. The number of hydrogen-bond acceptors (Lipinski definition) is 4. The van der Waals surface area contributed by atoms with Gasteiger partial charge in [0.25, 0.3) is 0 Å². The molecule has 0 fully saturated rings. The summed E-state index contributed by atoms with van der Waals surface area (Å²) >= 11 is 0. The van der Waals surface area contributed by atoms with Crippen molar-refractivity contribution in [2.24, 2.45) is 0 Å². The largest absolute Gasteiger partial charge is 0.495 e. The van der Waals surface area contributed by atoms with E-state index in [9.17, 15) is 18.0 Å². The van der Waals surface area contributed by atoms with Crippen LogP contribution in [0, 0.1) is 0 Å². The van der Waals surface area contributed by atoms with Gasteiger partial charge < -0.3 is 20.5 Å². The van der Waals surface area contributed by atoms with Gasteiger partial charge in [-0.1, -0.05) is 6.07 Å². The molecule has 0 aliphatic heterocycles. The molecule has 0 aromatic heterocycles. The number of halogens is 3. The van der Waals surface area contributed by atoms with Crippen molar-refractivity contribution in [3.05, 3.63) is 23.8 Å². The first-order valence-corrected chi connectivity index (χ1v) is 5.65. The number of methoxy groups -OCH3 is 1. The second kappa shape index (κ2) is 6.99. The van der Waals surface area contributed by atoms with Crippen LogP contribution in [0.3, 0.4) is 0 Å². The van der Waals surface area contributed by atoms with Crippen molar-refractivity contribution < 1.29 is 27.4 Å². The van der Waals surface area contributed by atoms with Crippen LogP contribution in [0.1, 0.15) is 5.56 Å². The highest BCUT2D eigenvalue weighted by atomic mass is 19.4. The van der Waals surface area contributed by atoms with Crippen molar-refractivity contribution in [2.75, 3.05) is 26.1 Å². The Kier molecular flexibility index (Phi) is 5.63. The van der Waals surface area contributed by atoms with Gasteiger partial charge in [0.15, 0.2) is 0 Å². The van der Waals surface area contributed by atoms with E-state index in [4.69, 9.17) is 10.5 Å². The zero-order valence-corrected chi connectivity index (χ0v) is 10.8. The van der Waals surface area contributed by atoms with Gasteiger partial charge in [0.1, 0.15) is 19.0 Å². The van der Waals surface area contributed by atoms with Crippen LogP contribution in [0.15, 0.2) is 18.2 Å². The first-order chi connectivity index (χ1) is 9.31. The molecule has 1 aromatic carbocycles. The van der Waals surface area contributed by atoms with Crippen LogP contribution in [0.5, 0.6) is 5.75 Å². The number of nitrogens with one attached hydrogen (secondary N) is 1. The maximum atomic E-state index is 11.8. The van der Waals surface area contributed by atoms with Crippen LogP contribution >= 0.6 is 0 Å². The Labute approximate surface area is 113 Å². The zero-order chi connectivity index (χ0) is 15.2. The Balaban J connectivity index is 2.36. The minimum atomic E-state index is -4.44. The van der Waals surface area contributed by atoms with E-state index < -0.39 is 25.3 Å². The lowest BCUT2D eigenvalue weighted by molar-refractivity contribution is -0.175. The number of anilines is 1. The van der Waals surface area contributed by atoms with Crippen molar-refractivity contribution in [3.63, 3.8) is 0 Å². The van der Waals surface area contributed by atoms with Crippen molar-refractivity contribution in [2.45, 2.75) is 12.7 Å².